The zero-order chi connectivity index (χ0) is 11.8. The minimum atomic E-state index is -3.51. The van der Waals surface area contributed by atoms with Gasteiger partial charge in [0.25, 0.3) is 10.1 Å². The lowest BCUT2D eigenvalue weighted by molar-refractivity contribution is 0.201. The van der Waals surface area contributed by atoms with E-state index >= 15 is 0 Å². The SMILES string of the molecule is CC(OS(C)(=O)=O)c1nc2ccccc2o1. The second kappa shape index (κ2) is 3.88. The maximum atomic E-state index is 10.9. The molecule has 2 rings (SSSR count). The number of para-hydroxylation sites is 2. The molecule has 0 saturated heterocycles. The van der Waals surface area contributed by atoms with Crippen molar-refractivity contribution in [2.45, 2.75) is 13.0 Å². The summed E-state index contributed by atoms with van der Waals surface area (Å²) < 4.78 is 32.0. The van der Waals surface area contributed by atoms with Gasteiger partial charge in [0.1, 0.15) is 5.52 Å². The Balaban J connectivity index is 2.33. The van der Waals surface area contributed by atoms with E-state index in [0.717, 1.165) is 6.26 Å². The molecule has 6 heteroatoms. The second-order valence-electron chi connectivity index (χ2n) is 3.46. The average Bonchev–Trinajstić information content (AvgIpc) is 2.58. The summed E-state index contributed by atoms with van der Waals surface area (Å²) in [5.74, 6) is 0.256. The van der Waals surface area contributed by atoms with Gasteiger partial charge in [-0.1, -0.05) is 12.1 Å². The van der Waals surface area contributed by atoms with Gasteiger partial charge in [0.05, 0.1) is 6.26 Å². The van der Waals surface area contributed by atoms with Crippen LogP contribution in [0.15, 0.2) is 28.7 Å². The smallest absolute Gasteiger partial charge is 0.265 e. The van der Waals surface area contributed by atoms with Gasteiger partial charge >= 0.3 is 0 Å². The van der Waals surface area contributed by atoms with Crippen molar-refractivity contribution in [3.63, 3.8) is 0 Å². The first-order valence-electron chi connectivity index (χ1n) is 4.69. The van der Waals surface area contributed by atoms with Crippen LogP contribution in [0.5, 0.6) is 0 Å². The maximum absolute atomic E-state index is 10.9. The summed E-state index contributed by atoms with van der Waals surface area (Å²) >= 11 is 0. The standard InChI is InChI=1S/C10H11NO4S/c1-7(15-16(2,12)13)10-11-8-5-3-4-6-9(8)14-10/h3-7H,1-2H3. The molecular weight excluding hydrogens is 230 g/mol. The van der Waals surface area contributed by atoms with Crippen LogP contribution in [0, 0.1) is 0 Å². The molecule has 1 aromatic heterocycles. The second-order valence-corrected chi connectivity index (χ2v) is 5.06. The molecule has 1 heterocycles. The third-order valence-corrected chi connectivity index (χ3v) is 2.62. The van der Waals surface area contributed by atoms with Crippen molar-refractivity contribution in [1.82, 2.24) is 4.98 Å². The summed E-state index contributed by atoms with van der Waals surface area (Å²) in [5.41, 5.74) is 1.29. The Kier molecular flexibility index (Phi) is 2.69. The van der Waals surface area contributed by atoms with Crippen LogP contribution < -0.4 is 0 Å². The fraction of sp³-hybridized carbons (Fsp3) is 0.300. The van der Waals surface area contributed by atoms with E-state index in [-0.39, 0.29) is 5.89 Å². The molecule has 0 aliphatic carbocycles. The van der Waals surface area contributed by atoms with Crippen LogP contribution >= 0.6 is 0 Å². The van der Waals surface area contributed by atoms with Crippen molar-refractivity contribution in [2.75, 3.05) is 6.26 Å². The molecule has 0 bridgehead atoms. The van der Waals surface area contributed by atoms with Crippen LogP contribution in [0.2, 0.25) is 0 Å². The molecule has 0 N–H and O–H groups in total. The first kappa shape index (κ1) is 11.1. The van der Waals surface area contributed by atoms with E-state index in [2.05, 4.69) is 4.98 Å². The third-order valence-electron chi connectivity index (χ3n) is 1.98. The Hall–Kier alpha value is -1.40. The monoisotopic (exact) mass is 241 g/mol. The van der Waals surface area contributed by atoms with Gasteiger partial charge in [-0.3, -0.25) is 4.18 Å². The van der Waals surface area contributed by atoms with E-state index in [1.807, 2.05) is 12.1 Å². The van der Waals surface area contributed by atoms with Crippen LogP contribution in [0.4, 0.5) is 0 Å². The van der Waals surface area contributed by atoms with E-state index in [4.69, 9.17) is 8.60 Å². The fourth-order valence-electron chi connectivity index (χ4n) is 1.37. The lowest BCUT2D eigenvalue weighted by atomic mass is 10.3. The summed E-state index contributed by atoms with van der Waals surface area (Å²) in [6.07, 6.45) is 0.272. The predicted octanol–water partition coefficient (Wildman–Crippen LogP) is 1.86. The molecule has 0 aliphatic rings. The number of rotatable bonds is 3. The van der Waals surface area contributed by atoms with E-state index in [1.165, 1.54) is 0 Å². The highest BCUT2D eigenvalue weighted by atomic mass is 32.2. The Labute approximate surface area is 93.2 Å². The number of fused-ring (bicyclic) bond motifs is 1. The topological polar surface area (TPSA) is 69.4 Å². The highest BCUT2D eigenvalue weighted by Gasteiger charge is 2.18. The number of hydrogen-bond donors (Lipinski definition) is 0. The normalized spacial score (nSPS) is 14.1. The molecule has 86 valence electrons. The van der Waals surface area contributed by atoms with Gasteiger partial charge in [-0.05, 0) is 19.1 Å². The zero-order valence-electron chi connectivity index (χ0n) is 8.88. The van der Waals surface area contributed by atoms with Gasteiger partial charge in [0.2, 0.25) is 5.89 Å². The Morgan fingerprint density at radius 3 is 2.69 bits per heavy atom. The molecule has 1 atom stereocenters. The largest absolute Gasteiger partial charge is 0.438 e. The van der Waals surface area contributed by atoms with E-state index in [0.29, 0.717) is 11.1 Å². The molecular formula is C10H11NO4S. The van der Waals surface area contributed by atoms with Gasteiger partial charge < -0.3 is 4.42 Å². The van der Waals surface area contributed by atoms with Gasteiger partial charge in [0.15, 0.2) is 11.7 Å². The van der Waals surface area contributed by atoms with E-state index in [9.17, 15) is 8.42 Å². The number of aromatic nitrogens is 1. The lowest BCUT2D eigenvalue weighted by Gasteiger charge is -2.05. The van der Waals surface area contributed by atoms with Crippen LogP contribution in [0.25, 0.3) is 11.1 Å². The zero-order valence-corrected chi connectivity index (χ0v) is 9.69. The van der Waals surface area contributed by atoms with Crippen LogP contribution in [-0.2, 0) is 14.3 Å². The Bertz CT molecular complexity index is 569. The molecule has 0 fully saturated rings. The Morgan fingerprint density at radius 2 is 2.06 bits per heavy atom. The van der Waals surface area contributed by atoms with Crippen molar-refractivity contribution in [2.24, 2.45) is 0 Å². The lowest BCUT2D eigenvalue weighted by Crippen LogP contribution is -2.07. The van der Waals surface area contributed by atoms with E-state index in [1.54, 1.807) is 19.1 Å². The molecule has 0 aliphatic heterocycles. The molecule has 5 nitrogen and oxygen atoms in total. The molecule has 16 heavy (non-hydrogen) atoms. The molecule has 0 saturated carbocycles. The fourth-order valence-corrected chi connectivity index (χ4v) is 1.97. The van der Waals surface area contributed by atoms with Crippen LogP contribution in [0.3, 0.4) is 0 Å². The average molecular weight is 241 g/mol. The third kappa shape index (κ3) is 2.40. The van der Waals surface area contributed by atoms with Gasteiger partial charge in [-0.2, -0.15) is 8.42 Å². The minimum Gasteiger partial charge on any atom is -0.438 e. The number of nitrogens with zero attached hydrogens (tertiary/aromatic N) is 1. The molecule has 0 spiro atoms. The highest BCUT2D eigenvalue weighted by molar-refractivity contribution is 7.86. The molecule has 0 radical (unpaired) electrons. The number of benzene rings is 1. The van der Waals surface area contributed by atoms with Crippen LogP contribution in [-0.4, -0.2) is 19.7 Å². The maximum Gasteiger partial charge on any atom is 0.265 e. The first-order chi connectivity index (χ1) is 7.46. The quantitative estimate of drug-likeness (QED) is 0.767. The predicted molar refractivity (Wildman–Crippen MR) is 58.4 cm³/mol. The molecule has 2 aromatic rings. The van der Waals surface area contributed by atoms with Crippen molar-refractivity contribution < 1.29 is 17.0 Å². The highest BCUT2D eigenvalue weighted by Crippen LogP contribution is 2.22. The van der Waals surface area contributed by atoms with E-state index < -0.39 is 16.2 Å². The van der Waals surface area contributed by atoms with Crippen molar-refractivity contribution in [3.05, 3.63) is 30.2 Å². The minimum absolute atomic E-state index is 0.256. The van der Waals surface area contributed by atoms with Crippen molar-refractivity contribution in [3.8, 4) is 0 Å². The molecule has 1 unspecified atom stereocenters. The number of oxazole rings is 1. The van der Waals surface area contributed by atoms with Crippen LogP contribution in [0.1, 0.15) is 18.9 Å². The summed E-state index contributed by atoms with van der Waals surface area (Å²) in [4.78, 5) is 4.14. The first-order valence-corrected chi connectivity index (χ1v) is 6.51. The van der Waals surface area contributed by atoms with Gasteiger partial charge in [-0.25, -0.2) is 4.98 Å². The summed E-state index contributed by atoms with van der Waals surface area (Å²) in [5, 5.41) is 0. The number of hydrogen-bond acceptors (Lipinski definition) is 5. The van der Waals surface area contributed by atoms with Crippen molar-refractivity contribution in [1.29, 1.82) is 0 Å². The molecule has 0 amide bonds. The summed E-state index contributed by atoms with van der Waals surface area (Å²) in [7, 11) is -3.51. The summed E-state index contributed by atoms with van der Waals surface area (Å²) in [6, 6.07) is 7.20. The van der Waals surface area contributed by atoms with Gasteiger partial charge in [0, 0.05) is 0 Å². The Morgan fingerprint density at radius 1 is 1.38 bits per heavy atom. The van der Waals surface area contributed by atoms with Crippen molar-refractivity contribution >= 4 is 21.2 Å². The summed E-state index contributed by atoms with van der Waals surface area (Å²) in [6.45, 7) is 1.58. The molecule has 1 aromatic carbocycles. The van der Waals surface area contributed by atoms with Gasteiger partial charge in [-0.15, -0.1) is 0 Å².